The van der Waals surface area contributed by atoms with Crippen LogP contribution in [0.3, 0.4) is 0 Å². The van der Waals surface area contributed by atoms with E-state index in [0.717, 1.165) is 12.8 Å². The van der Waals surface area contributed by atoms with Crippen LogP contribution in [-0.4, -0.2) is 12.0 Å². The molecule has 0 saturated heterocycles. The Labute approximate surface area is 155 Å². The number of carbonyl (C=O) groups is 1. The van der Waals surface area contributed by atoms with E-state index in [9.17, 15) is 4.79 Å². The number of nitrogens with one attached hydrogen (secondary N) is 1. The molecule has 25 heavy (non-hydrogen) atoms. The molecule has 0 radical (unpaired) electrons. The Morgan fingerprint density at radius 3 is 2.48 bits per heavy atom. The summed E-state index contributed by atoms with van der Waals surface area (Å²) in [6.07, 6.45) is 1.95. The van der Waals surface area contributed by atoms with E-state index in [2.05, 4.69) is 37.4 Å². The van der Waals surface area contributed by atoms with Gasteiger partial charge in [-0.3, -0.25) is 4.79 Å². The molecule has 0 aliphatic heterocycles. The fourth-order valence-corrected chi connectivity index (χ4v) is 2.90. The molecule has 0 heterocycles. The number of ether oxygens (including phenoxy) is 1. The zero-order chi connectivity index (χ0) is 18.2. The van der Waals surface area contributed by atoms with Crippen molar-refractivity contribution in [1.29, 1.82) is 0 Å². The Balaban J connectivity index is 2.04. The van der Waals surface area contributed by atoms with Gasteiger partial charge in [0.15, 0.2) is 6.10 Å². The van der Waals surface area contributed by atoms with Gasteiger partial charge in [-0.25, -0.2) is 0 Å². The fourth-order valence-electron chi connectivity index (χ4n) is 2.72. The standard InChI is InChI=1S/C21H26ClNO2/c1-4-15-11-12-16(5-2)17(13-15)14-23-21(24)19(6-3)25-20-10-8-7-9-18(20)22/h7-13,19H,4-6,14H2,1-3H3,(H,23,24)/t19-/m0/s1. The number of rotatable bonds is 8. The summed E-state index contributed by atoms with van der Waals surface area (Å²) in [5.41, 5.74) is 3.71. The van der Waals surface area contributed by atoms with Gasteiger partial charge >= 0.3 is 0 Å². The predicted molar refractivity (Wildman–Crippen MR) is 103 cm³/mol. The summed E-state index contributed by atoms with van der Waals surface area (Å²) >= 11 is 6.12. The van der Waals surface area contributed by atoms with Crippen LogP contribution in [0.25, 0.3) is 0 Å². The topological polar surface area (TPSA) is 38.3 Å². The summed E-state index contributed by atoms with van der Waals surface area (Å²) in [4.78, 5) is 12.5. The number of benzene rings is 2. The Hall–Kier alpha value is -2.00. The highest BCUT2D eigenvalue weighted by molar-refractivity contribution is 6.32. The lowest BCUT2D eigenvalue weighted by atomic mass is 10.0. The molecule has 0 unspecified atom stereocenters. The van der Waals surface area contributed by atoms with Gasteiger partial charge < -0.3 is 10.1 Å². The van der Waals surface area contributed by atoms with Gasteiger partial charge in [0, 0.05) is 6.54 Å². The lowest BCUT2D eigenvalue weighted by molar-refractivity contribution is -0.128. The fraction of sp³-hybridized carbons (Fsp3) is 0.381. The molecule has 4 heteroatoms. The zero-order valence-electron chi connectivity index (χ0n) is 15.1. The van der Waals surface area contributed by atoms with E-state index in [1.807, 2.05) is 19.1 Å². The van der Waals surface area contributed by atoms with Crippen LogP contribution in [0.2, 0.25) is 5.02 Å². The smallest absolute Gasteiger partial charge is 0.261 e. The zero-order valence-corrected chi connectivity index (χ0v) is 15.9. The highest BCUT2D eigenvalue weighted by atomic mass is 35.5. The van der Waals surface area contributed by atoms with Gasteiger partial charge in [0.2, 0.25) is 0 Å². The Morgan fingerprint density at radius 1 is 1.08 bits per heavy atom. The Bertz CT molecular complexity index is 715. The second-order valence-corrected chi connectivity index (χ2v) is 6.38. The van der Waals surface area contributed by atoms with Crippen molar-refractivity contribution in [1.82, 2.24) is 5.32 Å². The van der Waals surface area contributed by atoms with Gasteiger partial charge in [0.05, 0.1) is 5.02 Å². The quantitative estimate of drug-likeness (QED) is 0.725. The maximum atomic E-state index is 12.5. The van der Waals surface area contributed by atoms with E-state index in [0.29, 0.717) is 23.7 Å². The van der Waals surface area contributed by atoms with Crippen molar-refractivity contribution in [2.45, 2.75) is 52.7 Å². The van der Waals surface area contributed by atoms with Crippen molar-refractivity contribution in [3.05, 3.63) is 64.2 Å². The number of para-hydroxylation sites is 1. The number of aryl methyl sites for hydroxylation is 2. The minimum Gasteiger partial charge on any atom is -0.479 e. The molecule has 3 nitrogen and oxygen atoms in total. The SMILES string of the molecule is CCc1ccc(CC)c(CNC(=O)[C@H](CC)Oc2ccccc2Cl)c1. The van der Waals surface area contributed by atoms with E-state index in [-0.39, 0.29) is 5.91 Å². The van der Waals surface area contributed by atoms with Crippen molar-refractivity contribution in [3.63, 3.8) is 0 Å². The monoisotopic (exact) mass is 359 g/mol. The van der Waals surface area contributed by atoms with Crippen LogP contribution in [0.5, 0.6) is 5.75 Å². The third-order valence-corrected chi connectivity index (χ3v) is 4.59. The van der Waals surface area contributed by atoms with Gasteiger partial charge in [-0.2, -0.15) is 0 Å². The van der Waals surface area contributed by atoms with Crippen LogP contribution in [-0.2, 0) is 24.2 Å². The van der Waals surface area contributed by atoms with E-state index in [4.69, 9.17) is 16.3 Å². The van der Waals surface area contributed by atoms with Gasteiger partial charge in [-0.1, -0.05) is 62.7 Å². The molecule has 134 valence electrons. The normalized spacial score (nSPS) is 11.8. The molecular formula is C21H26ClNO2. The number of carbonyl (C=O) groups excluding carboxylic acids is 1. The molecular weight excluding hydrogens is 334 g/mol. The molecule has 0 aliphatic rings. The summed E-state index contributed by atoms with van der Waals surface area (Å²) in [6.45, 7) is 6.70. The molecule has 0 fully saturated rings. The molecule has 0 saturated carbocycles. The second-order valence-electron chi connectivity index (χ2n) is 5.97. The first kappa shape index (κ1) is 19.3. The van der Waals surface area contributed by atoms with Crippen LogP contribution in [0.15, 0.2) is 42.5 Å². The first-order valence-corrected chi connectivity index (χ1v) is 9.26. The summed E-state index contributed by atoms with van der Waals surface area (Å²) in [5.74, 6) is 0.416. The van der Waals surface area contributed by atoms with Crippen molar-refractivity contribution in [3.8, 4) is 5.75 Å². The van der Waals surface area contributed by atoms with Crippen LogP contribution in [0.4, 0.5) is 0 Å². The van der Waals surface area contributed by atoms with Crippen LogP contribution >= 0.6 is 11.6 Å². The first-order valence-electron chi connectivity index (χ1n) is 8.88. The molecule has 1 N–H and O–H groups in total. The first-order chi connectivity index (χ1) is 12.1. The molecule has 0 bridgehead atoms. The second kappa shape index (κ2) is 9.47. The average molecular weight is 360 g/mol. The van der Waals surface area contributed by atoms with Gasteiger partial charge in [-0.05, 0) is 48.1 Å². The van der Waals surface area contributed by atoms with Gasteiger partial charge in [0.1, 0.15) is 5.75 Å². The molecule has 0 aliphatic carbocycles. The van der Waals surface area contributed by atoms with Crippen LogP contribution < -0.4 is 10.1 Å². The maximum Gasteiger partial charge on any atom is 0.261 e. The van der Waals surface area contributed by atoms with E-state index in [1.54, 1.807) is 12.1 Å². The number of hydrogen-bond acceptors (Lipinski definition) is 2. The predicted octanol–water partition coefficient (Wildman–Crippen LogP) is 4.94. The van der Waals surface area contributed by atoms with E-state index >= 15 is 0 Å². The highest BCUT2D eigenvalue weighted by Gasteiger charge is 2.19. The number of hydrogen-bond donors (Lipinski definition) is 1. The molecule has 1 amide bonds. The molecule has 1 atom stereocenters. The summed E-state index contributed by atoms with van der Waals surface area (Å²) in [6, 6.07) is 13.7. The molecule has 2 aromatic rings. The number of halogens is 1. The third kappa shape index (κ3) is 5.23. The molecule has 2 aromatic carbocycles. The molecule has 0 aromatic heterocycles. The van der Waals surface area contributed by atoms with Crippen molar-refractivity contribution in [2.24, 2.45) is 0 Å². The van der Waals surface area contributed by atoms with Crippen LogP contribution in [0.1, 0.15) is 43.9 Å². The van der Waals surface area contributed by atoms with Crippen LogP contribution in [0, 0.1) is 0 Å². The lowest BCUT2D eigenvalue weighted by Crippen LogP contribution is -2.37. The third-order valence-electron chi connectivity index (χ3n) is 4.28. The summed E-state index contributed by atoms with van der Waals surface area (Å²) in [7, 11) is 0. The van der Waals surface area contributed by atoms with Crippen molar-refractivity contribution in [2.75, 3.05) is 0 Å². The molecule has 2 rings (SSSR count). The van der Waals surface area contributed by atoms with E-state index < -0.39 is 6.10 Å². The minimum absolute atomic E-state index is 0.119. The van der Waals surface area contributed by atoms with Crippen molar-refractivity contribution >= 4 is 17.5 Å². The van der Waals surface area contributed by atoms with Crippen molar-refractivity contribution < 1.29 is 9.53 Å². The Morgan fingerprint density at radius 2 is 1.84 bits per heavy atom. The average Bonchev–Trinajstić information content (AvgIpc) is 2.65. The Kier molecular flexibility index (Phi) is 7.32. The largest absolute Gasteiger partial charge is 0.479 e. The van der Waals surface area contributed by atoms with Gasteiger partial charge in [-0.15, -0.1) is 0 Å². The van der Waals surface area contributed by atoms with E-state index in [1.165, 1.54) is 16.7 Å². The lowest BCUT2D eigenvalue weighted by Gasteiger charge is -2.19. The highest BCUT2D eigenvalue weighted by Crippen LogP contribution is 2.25. The maximum absolute atomic E-state index is 12.5. The summed E-state index contributed by atoms with van der Waals surface area (Å²) < 4.78 is 5.80. The summed E-state index contributed by atoms with van der Waals surface area (Å²) in [5, 5.41) is 3.52. The minimum atomic E-state index is -0.556. The van der Waals surface area contributed by atoms with Gasteiger partial charge in [0.25, 0.3) is 5.91 Å². The molecule has 0 spiro atoms. The number of amides is 1.